The van der Waals surface area contributed by atoms with Gasteiger partial charge in [-0.25, -0.2) is 8.42 Å². The highest BCUT2D eigenvalue weighted by molar-refractivity contribution is 7.89. The van der Waals surface area contributed by atoms with E-state index in [2.05, 4.69) is 0 Å². The Bertz CT molecular complexity index is 613. The average Bonchev–Trinajstić information content (AvgIpc) is 2.47. The lowest BCUT2D eigenvalue weighted by Crippen LogP contribution is -2.44. The van der Waals surface area contributed by atoms with Crippen LogP contribution in [0.4, 0.5) is 5.69 Å². The van der Waals surface area contributed by atoms with Crippen LogP contribution in [0.5, 0.6) is 0 Å². The fourth-order valence-corrected chi connectivity index (χ4v) is 4.05. The zero-order chi connectivity index (χ0) is 15.6. The summed E-state index contributed by atoms with van der Waals surface area (Å²) in [7, 11) is -3.62. The number of piperidine rings is 1. The zero-order valence-corrected chi connectivity index (χ0v) is 12.6. The van der Waals surface area contributed by atoms with Gasteiger partial charge >= 0.3 is 0 Å². The third-order valence-electron chi connectivity index (χ3n) is 3.85. The lowest BCUT2D eigenvalue weighted by atomic mass is 9.93. The Morgan fingerprint density at radius 1 is 1.38 bits per heavy atom. The number of rotatable bonds is 4. The van der Waals surface area contributed by atoms with Crippen LogP contribution in [0.15, 0.2) is 29.2 Å². The fraction of sp³-hybridized carbons (Fsp3) is 0.538. The highest BCUT2D eigenvalue weighted by atomic mass is 32.2. The monoisotopic (exact) mass is 313 g/mol. The largest absolute Gasteiger partial charge is 0.328 e. The molecule has 1 aliphatic heterocycles. The molecule has 8 heteroatoms. The molecule has 0 radical (unpaired) electrons. The van der Waals surface area contributed by atoms with Gasteiger partial charge in [0.25, 0.3) is 5.69 Å². The van der Waals surface area contributed by atoms with Crippen molar-refractivity contribution in [1.29, 1.82) is 0 Å². The van der Waals surface area contributed by atoms with Gasteiger partial charge in [0.1, 0.15) is 0 Å². The molecule has 7 nitrogen and oxygen atoms in total. The van der Waals surface area contributed by atoms with E-state index in [1.165, 1.54) is 28.6 Å². The maximum atomic E-state index is 12.6. The second-order valence-corrected chi connectivity index (χ2v) is 7.31. The SMILES string of the molecule is C[C@@H](N)[C@H]1CCCN(S(=O)(=O)c2ccc([N+](=O)[O-])cc2)C1. The third-order valence-corrected chi connectivity index (χ3v) is 5.73. The quantitative estimate of drug-likeness (QED) is 0.667. The number of sulfonamides is 1. The number of nitrogens with zero attached hydrogens (tertiary/aromatic N) is 2. The van der Waals surface area contributed by atoms with Crippen LogP contribution in [0.1, 0.15) is 19.8 Å². The summed E-state index contributed by atoms with van der Waals surface area (Å²) in [5.74, 6) is 0.145. The Labute approximate surface area is 123 Å². The number of nitro groups is 1. The van der Waals surface area contributed by atoms with Crippen LogP contribution in [0, 0.1) is 16.0 Å². The predicted octanol–water partition coefficient (Wildman–Crippen LogP) is 1.34. The molecule has 21 heavy (non-hydrogen) atoms. The summed E-state index contributed by atoms with van der Waals surface area (Å²) in [4.78, 5) is 10.1. The van der Waals surface area contributed by atoms with Gasteiger partial charge in [-0.1, -0.05) is 0 Å². The Morgan fingerprint density at radius 3 is 2.52 bits per heavy atom. The summed E-state index contributed by atoms with van der Waals surface area (Å²) in [5.41, 5.74) is 5.74. The Morgan fingerprint density at radius 2 is 2.00 bits per heavy atom. The van der Waals surface area contributed by atoms with Crippen molar-refractivity contribution < 1.29 is 13.3 Å². The molecule has 0 bridgehead atoms. The Hall–Kier alpha value is -1.51. The predicted molar refractivity (Wildman–Crippen MR) is 78.2 cm³/mol. The van der Waals surface area contributed by atoms with Gasteiger partial charge in [-0.3, -0.25) is 10.1 Å². The summed E-state index contributed by atoms with van der Waals surface area (Å²) in [6.07, 6.45) is 1.70. The molecule has 1 aliphatic rings. The van der Waals surface area contributed by atoms with E-state index in [4.69, 9.17) is 5.73 Å². The molecule has 2 N–H and O–H groups in total. The first-order chi connectivity index (χ1) is 9.82. The van der Waals surface area contributed by atoms with Gasteiger partial charge in [0.05, 0.1) is 9.82 Å². The number of benzene rings is 1. The first-order valence-corrected chi connectivity index (χ1v) is 8.26. The minimum atomic E-state index is -3.62. The molecule has 0 unspecified atom stereocenters. The molecule has 116 valence electrons. The summed E-state index contributed by atoms with van der Waals surface area (Å²) in [5, 5.41) is 10.6. The maximum absolute atomic E-state index is 12.6. The summed E-state index contributed by atoms with van der Waals surface area (Å²) < 4.78 is 26.5. The van der Waals surface area contributed by atoms with Crippen molar-refractivity contribution in [1.82, 2.24) is 4.31 Å². The Balaban J connectivity index is 2.22. The van der Waals surface area contributed by atoms with Crippen LogP contribution < -0.4 is 5.73 Å². The molecule has 1 saturated heterocycles. The maximum Gasteiger partial charge on any atom is 0.269 e. The van der Waals surface area contributed by atoms with Gasteiger partial charge in [-0.05, 0) is 37.8 Å². The molecule has 0 amide bonds. The van der Waals surface area contributed by atoms with E-state index in [9.17, 15) is 18.5 Å². The minimum Gasteiger partial charge on any atom is -0.328 e. The normalized spacial score (nSPS) is 21.9. The zero-order valence-electron chi connectivity index (χ0n) is 11.8. The van der Waals surface area contributed by atoms with Crippen LogP contribution in [0.25, 0.3) is 0 Å². The molecular weight excluding hydrogens is 294 g/mol. The lowest BCUT2D eigenvalue weighted by Gasteiger charge is -2.33. The molecule has 1 aromatic rings. The number of hydrogen-bond donors (Lipinski definition) is 1. The molecule has 0 aromatic heterocycles. The molecule has 0 aliphatic carbocycles. The van der Waals surface area contributed by atoms with Gasteiger partial charge in [-0.15, -0.1) is 0 Å². The van der Waals surface area contributed by atoms with Crippen LogP contribution in [-0.2, 0) is 10.0 Å². The minimum absolute atomic E-state index is 0.0557. The topological polar surface area (TPSA) is 107 Å². The van der Waals surface area contributed by atoms with Crippen molar-refractivity contribution in [2.75, 3.05) is 13.1 Å². The van der Waals surface area contributed by atoms with Gasteiger partial charge in [0.2, 0.25) is 10.0 Å². The molecule has 0 spiro atoms. The molecule has 0 saturated carbocycles. The van der Waals surface area contributed by atoms with Crippen molar-refractivity contribution in [3.8, 4) is 0 Å². The van der Waals surface area contributed by atoms with E-state index in [0.717, 1.165) is 12.8 Å². The van der Waals surface area contributed by atoms with Gasteiger partial charge < -0.3 is 5.73 Å². The smallest absolute Gasteiger partial charge is 0.269 e. The Kier molecular flexibility index (Phi) is 4.60. The van der Waals surface area contributed by atoms with Crippen molar-refractivity contribution >= 4 is 15.7 Å². The van der Waals surface area contributed by atoms with Crippen molar-refractivity contribution in [2.45, 2.75) is 30.7 Å². The van der Waals surface area contributed by atoms with E-state index in [1.54, 1.807) is 0 Å². The van der Waals surface area contributed by atoms with Gasteiger partial charge in [0, 0.05) is 31.3 Å². The van der Waals surface area contributed by atoms with Crippen LogP contribution in [0.3, 0.4) is 0 Å². The summed E-state index contributed by atoms with van der Waals surface area (Å²) in [6, 6.07) is 4.92. The number of nitro benzene ring substituents is 1. The van der Waals surface area contributed by atoms with Gasteiger partial charge in [-0.2, -0.15) is 4.31 Å². The van der Waals surface area contributed by atoms with E-state index in [0.29, 0.717) is 13.1 Å². The molecule has 1 heterocycles. The second-order valence-electron chi connectivity index (χ2n) is 5.38. The molecular formula is C13H19N3O4S. The third kappa shape index (κ3) is 3.39. The highest BCUT2D eigenvalue weighted by Crippen LogP contribution is 2.26. The van der Waals surface area contributed by atoms with E-state index in [-0.39, 0.29) is 22.5 Å². The molecule has 1 fully saturated rings. The van der Waals surface area contributed by atoms with Crippen LogP contribution >= 0.6 is 0 Å². The molecule has 2 rings (SSSR count). The van der Waals surface area contributed by atoms with E-state index < -0.39 is 14.9 Å². The summed E-state index contributed by atoms with van der Waals surface area (Å²) >= 11 is 0. The van der Waals surface area contributed by atoms with Crippen LogP contribution in [0.2, 0.25) is 0 Å². The lowest BCUT2D eigenvalue weighted by molar-refractivity contribution is -0.384. The molecule has 2 atom stereocenters. The van der Waals surface area contributed by atoms with Crippen molar-refractivity contribution in [2.24, 2.45) is 11.7 Å². The summed E-state index contributed by atoms with van der Waals surface area (Å²) in [6.45, 7) is 2.74. The van der Waals surface area contributed by atoms with E-state index >= 15 is 0 Å². The molecule has 1 aromatic carbocycles. The van der Waals surface area contributed by atoms with Crippen molar-refractivity contribution in [3.05, 3.63) is 34.4 Å². The first-order valence-electron chi connectivity index (χ1n) is 6.82. The first kappa shape index (κ1) is 15.9. The number of non-ortho nitro benzene ring substituents is 1. The van der Waals surface area contributed by atoms with Gasteiger partial charge in [0.15, 0.2) is 0 Å². The number of nitrogens with two attached hydrogens (primary N) is 1. The van der Waals surface area contributed by atoms with Crippen LogP contribution in [-0.4, -0.2) is 36.8 Å². The standard InChI is InChI=1S/C13H19N3O4S/c1-10(14)11-3-2-8-15(9-11)21(19,20)13-6-4-12(5-7-13)16(17)18/h4-7,10-11H,2-3,8-9,14H2,1H3/t10-,11+/m1/s1. The second kappa shape index (κ2) is 6.08. The average molecular weight is 313 g/mol. The fourth-order valence-electron chi connectivity index (χ4n) is 2.51. The highest BCUT2D eigenvalue weighted by Gasteiger charge is 2.31. The van der Waals surface area contributed by atoms with Crippen molar-refractivity contribution in [3.63, 3.8) is 0 Å². The number of hydrogen-bond acceptors (Lipinski definition) is 5. The van der Waals surface area contributed by atoms with E-state index in [1.807, 2.05) is 6.92 Å².